The Bertz CT molecular complexity index is 323. The maximum atomic E-state index is 4.24. The van der Waals surface area contributed by atoms with Gasteiger partial charge in [-0.2, -0.15) is 12.6 Å². The molecule has 0 heterocycles. The molecule has 0 saturated heterocycles. The lowest BCUT2D eigenvalue weighted by atomic mass is 10.0. The molecule has 1 nitrogen and oxygen atoms in total. The molecule has 90 valence electrons. The summed E-state index contributed by atoms with van der Waals surface area (Å²) in [7, 11) is 2.19. The lowest BCUT2D eigenvalue weighted by Gasteiger charge is -2.16. The Morgan fingerprint density at radius 3 is 2.62 bits per heavy atom. The summed E-state index contributed by atoms with van der Waals surface area (Å²) >= 11 is 4.24. The van der Waals surface area contributed by atoms with E-state index in [1.54, 1.807) is 0 Å². The summed E-state index contributed by atoms with van der Waals surface area (Å²) < 4.78 is 0. The third kappa shape index (κ3) is 4.58. The van der Waals surface area contributed by atoms with Crippen molar-refractivity contribution < 1.29 is 0 Å². The van der Waals surface area contributed by atoms with E-state index in [-0.39, 0.29) is 0 Å². The molecule has 1 aromatic carbocycles. The number of likely N-dealkylation sites (N-methyl/N-ethyl adjacent to an activating group) is 1. The van der Waals surface area contributed by atoms with E-state index in [1.807, 2.05) is 0 Å². The monoisotopic (exact) mass is 237 g/mol. The molecule has 0 radical (unpaired) electrons. The maximum absolute atomic E-state index is 4.24. The molecular formula is C14H23NS. The lowest BCUT2D eigenvalue weighted by Crippen LogP contribution is -2.23. The van der Waals surface area contributed by atoms with Gasteiger partial charge >= 0.3 is 0 Å². The van der Waals surface area contributed by atoms with Crippen LogP contribution in [0.3, 0.4) is 0 Å². The third-order valence-corrected chi connectivity index (χ3v) is 3.28. The van der Waals surface area contributed by atoms with Crippen molar-refractivity contribution in [2.75, 3.05) is 25.9 Å². The molecule has 0 atom stereocenters. The fourth-order valence-corrected chi connectivity index (χ4v) is 1.97. The van der Waals surface area contributed by atoms with Crippen LogP contribution in [0.25, 0.3) is 0 Å². The first kappa shape index (κ1) is 13.6. The summed E-state index contributed by atoms with van der Waals surface area (Å²) in [4.78, 5) is 2.39. The predicted molar refractivity (Wildman–Crippen MR) is 75.6 cm³/mol. The highest BCUT2D eigenvalue weighted by Gasteiger charge is 2.02. The summed E-state index contributed by atoms with van der Waals surface area (Å²) in [6, 6.07) is 6.71. The van der Waals surface area contributed by atoms with Gasteiger partial charge in [0.15, 0.2) is 0 Å². The van der Waals surface area contributed by atoms with Crippen LogP contribution in [0, 0.1) is 13.8 Å². The summed E-state index contributed by atoms with van der Waals surface area (Å²) in [6.45, 7) is 6.64. The molecule has 1 rings (SSSR count). The summed E-state index contributed by atoms with van der Waals surface area (Å²) in [5.41, 5.74) is 4.25. The smallest absolute Gasteiger partial charge is 0.00189 e. The minimum absolute atomic E-state index is 0.980. The van der Waals surface area contributed by atoms with E-state index in [0.717, 1.165) is 25.3 Å². The molecule has 0 unspecified atom stereocenters. The highest BCUT2D eigenvalue weighted by Crippen LogP contribution is 2.11. The molecule has 16 heavy (non-hydrogen) atoms. The van der Waals surface area contributed by atoms with Crippen LogP contribution < -0.4 is 0 Å². The Balaban J connectivity index is 2.44. The number of aryl methyl sites for hydroxylation is 2. The van der Waals surface area contributed by atoms with Gasteiger partial charge in [-0.25, -0.2) is 0 Å². The minimum atomic E-state index is 0.980. The Kier molecular flexibility index (Phi) is 5.93. The normalized spacial score (nSPS) is 11.1. The van der Waals surface area contributed by atoms with Crippen molar-refractivity contribution in [1.82, 2.24) is 4.90 Å². The molecule has 2 heteroatoms. The first-order chi connectivity index (χ1) is 7.63. The molecule has 0 aromatic heterocycles. The average Bonchev–Trinajstić information content (AvgIpc) is 2.27. The topological polar surface area (TPSA) is 3.24 Å². The van der Waals surface area contributed by atoms with E-state index in [4.69, 9.17) is 0 Å². The van der Waals surface area contributed by atoms with Crippen molar-refractivity contribution in [3.05, 3.63) is 34.9 Å². The molecule has 1 aromatic rings. The first-order valence-electron chi connectivity index (χ1n) is 5.99. The van der Waals surface area contributed by atoms with Crippen molar-refractivity contribution >= 4 is 12.6 Å². The summed E-state index contributed by atoms with van der Waals surface area (Å²) in [6.07, 6.45) is 2.32. The van der Waals surface area contributed by atoms with Crippen LogP contribution in [-0.4, -0.2) is 30.8 Å². The van der Waals surface area contributed by atoms with E-state index < -0.39 is 0 Å². The van der Waals surface area contributed by atoms with Crippen LogP contribution >= 0.6 is 12.6 Å². The Labute approximate surface area is 105 Å². The number of nitrogens with zero attached hydrogens (tertiary/aromatic N) is 1. The zero-order valence-electron chi connectivity index (χ0n) is 10.7. The Morgan fingerprint density at radius 2 is 1.94 bits per heavy atom. The van der Waals surface area contributed by atoms with Gasteiger partial charge < -0.3 is 4.90 Å². The molecular weight excluding hydrogens is 214 g/mol. The van der Waals surface area contributed by atoms with Gasteiger partial charge in [-0.05, 0) is 57.2 Å². The first-order valence-corrected chi connectivity index (χ1v) is 6.62. The minimum Gasteiger partial charge on any atom is -0.306 e. The molecule has 0 spiro atoms. The zero-order chi connectivity index (χ0) is 12.0. The largest absolute Gasteiger partial charge is 0.306 e. The lowest BCUT2D eigenvalue weighted by molar-refractivity contribution is 0.340. The quantitative estimate of drug-likeness (QED) is 0.744. The third-order valence-electron chi connectivity index (χ3n) is 2.97. The van der Waals surface area contributed by atoms with Crippen LogP contribution in [0.2, 0.25) is 0 Å². The standard InChI is InChI=1S/C14H23NS/c1-12-5-6-13(2)14(11-12)7-9-15(3)8-4-10-16/h5-6,11,16H,4,7-10H2,1-3H3. The number of thiol groups is 1. The van der Waals surface area contributed by atoms with Crippen molar-refractivity contribution in [2.24, 2.45) is 0 Å². The van der Waals surface area contributed by atoms with Gasteiger partial charge in [-0.15, -0.1) is 0 Å². The Hall–Kier alpha value is -0.470. The van der Waals surface area contributed by atoms with Crippen LogP contribution in [0.5, 0.6) is 0 Å². The number of benzene rings is 1. The van der Waals surface area contributed by atoms with E-state index in [1.165, 1.54) is 23.1 Å². The van der Waals surface area contributed by atoms with Gasteiger partial charge in [-0.3, -0.25) is 0 Å². The molecule has 0 fully saturated rings. The van der Waals surface area contributed by atoms with Crippen molar-refractivity contribution in [3.63, 3.8) is 0 Å². The number of rotatable bonds is 6. The highest BCUT2D eigenvalue weighted by atomic mass is 32.1. The molecule has 0 bridgehead atoms. The van der Waals surface area contributed by atoms with Gasteiger partial charge in [-0.1, -0.05) is 23.8 Å². The van der Waals surface area contributed by atoms with Gasteiger partial charge in [0.2, 0.25) is 0 Å². The van der Waals surface area contributed by atoms with E-state index in [2.05, 4.69) is 56.6 Å². The second kappa shape index (κ2) is 6.97. The summed E-state index contributed by atoms with van der Waals surface area (Å²) in [5, 5.41) is 0. The Morgan fingerprint density at radius 1 is 1.19 bits per heavy atom. The highest BCUT2D eigenvalue weighted by molar-refractivity contribution is 7.80. The van der Waals surface area contributed by atoms with E-state index >= 15 is 0 Å². The van der Waals surface area contributed by atoms with Gasteiger partial charge in [0.05, 0.1) is 0 Å². The molecule has 0 aliphatic rings. The van der Waals surface area contributed by atoms with E-state index in [9.17, 15) is 0 Å². The summed E-state index contributed by atoms with van der Waals surface area (Å²) in [5.74, 6) is 0.980. The predicted octanol–water partition coefficient (Wildman–Crippen LogP) is 3.10. The fraction of sp³-hybridized carbons (Fsp3) is 0.571. The average molecular weight is 237 g/mol. The van der Waals surface area contributed by atoms with Crippen LogP contribution in [0.15, 0.2) is 18.2 Å². The van der Waals surface area contributed by atoms with E-state index in [0.29, 0.717) is 0 Å². The zero-order valence-corrected chi connectivity index (χ0v) is 11.6. The van der Waals surface area contributed by atoms with Crippen molar-refractivity contribution in [1.29, 1.82) is 0 Å². The second-order valence-corrected chi connectivity index (χ2v) is 5.01. The van der Waals surface area contributed by atoms with Gasteiger partial charge in [0, 0.05) is 6.54 Å². The van der Waals surface area contributed by atoms with Gasteiger partial charge in [0.25, 0.3) is 0 Å². The number of hydrogen-bond donors (Lipinski definition) is 1. The molecule has 0 aliphatic carbocycles. The molecule has 0 saturated carbocycles. The molecule has 0 amide bonds. The van der Waals surface area contributed by atoms with Gasteiger partial charge in [0.1, 0.15) is 0 Å². The second-order valence-electron chi connectivity index (χ2n) is 4.56. The maximum Gasteiger partial charge on any atom is 0.00189 e. The number of hydrogen-bond acceptors (Lipinski definition) is 2. The molecule has 0 N–H and O–H groups in total. The van der Waals surface area contributed by atoms with Crippen LogP contribution in [0.1, 0.15) is 23.1 Å². The molecule has 0 aliphatic heterocycles. The SMILES string of the molecule is Cc1ccc(C)c(CCN(C)CCCS)c1. The fourth-order valence-electron chi connectivity index (χ4n) is 1.83. The van der Waals surface area contributed by atoms with Crippen molar-refractivity contribution in [3.8, 4) is 0 Å². The van der Waals surface area contributed by atoms with Crippen LogP contribution in [-0.2, 0) is 6.42 Å². The van der Waals surface area contributed by atoms with Crippen molar-refractivity contribution in [2.45, 2.75) is 26.7 Å². The van der Waals surface area contributed by atoms with Crippen LogP contribution in [0.4, 0.5) is 0 Å².